The fourth-order valence-corrected chi connectivity index (χ4v) is 2.11. The molecule has 0 fully saturated rings. The third-order valence-electron chi connectivity index (χ3n) is 3.37. The lowest BCUT2D eigenvalue weighted by Crippen LogP contribution is -2.27. The van der Waals surface area contributed by atoms with E-state index in [2.05, 4.69) is 5.32 Å². The van der Waals surface area contributed by atoms with Crippen molar-refractivity contribution >= 4 is 12.0 Å². The van der Waals surface area contributed by atoms with Gasteiger partial charge in [0.1, 0.15) is 24.0 Å². The van der Waals surface area contributed by atoms with Crippen LogP contribution in [0.3, 0.4) is 0 Å². The molecule has 0 spiro atoms. The molecule has 0 aromatic heterocycles. The second-order valence-corrected chi connectivity index (χ2v) is 5.27. The number of carbonyl (C=O) groups is 1. The monoisotopic (exact) mass is 336 g/mol. The number of benzene rings is 2. The van der Waals surface area contributed by atoms with Gasteiger partial charge in [0.05, 0.1) is 6.61 Å². The van der Waals surface area contributed by atoms with Crippen LogP contribution in [0.4, 0.5) is 0 Å². The zero-order valence-electron chi connectivity index (χ0n) is 14.1. The lowest BCUT2D eigenvalue weighted by atomic mass is 10.1. The van der Waals surface area contributed by atoms with Gasteiger partial charge >= 0.3 is 0 Å². The van der Waals surface area contributed by atoms with E-state index in [1.54, 1.807) is 13.2 Å². The van der Waals surface area contributed by atoms with Gasteiger partial charge in [-0.2, -0.15) is 5.26 Å². The van der Waals surface area contributed by atoms with E-state index in [1.165, 1.54) is 6.08 Å². The molecule has 5 nitrogen and oxygen atoms in total. The van der Waals surface area contributed by atoms with Crippen LogP contribution in [0.1, 0.15) is 11.1 Å². The molecule has 1 amide bonds. The zero-order valence-corrected chi connectivity index (χ0v) is 14.1. The van der Waals surface area contributed by atoms with Gasteiger partial charge in [-0.05, 0) is 29.3 Å². The van der Waals surface area contributed by atoms with Gasteiger partial charge in [0.2, 0.25) is 0 Å². The first-order chi connectivity index (χ1) is 12.2. The van der Waals surface area contributed by atoms with Crippen LogP contribution in [0, 0.1) is 11.3 Å². The number of carbonyl (C=O) groups excluding carboxylic acids is 1. The predicted octanol–water partition coefficient (Wildman–Crippen LogP) is 2.94. The molecule has 0 aliphatic rings. The SMILES string of the molecule is COCCNC(=O)/C(C#N)=C\c1cccc(OCc2ccccc2)c1. The van der Waals surface area contributed by atoms with Gasteiger partial charge in [0.25, 0.3) is 5.91 Å². The van der Waals surface area contributed by atoms with Gasteiger partial charge in [-0.15, -0.1) is 0 Å². The highest BCUT2D eigenvalue weighted by molar-refractivity contribution is 6.01. The van der Waals surface area contributed by atoms with Gasteiger partial charge < -0.3 is 14.8 Å². The summed E-state index contributed by atoms with van der Waals surface area (Å²) < 4.78 is 10.6. The maximum absolute atomic E-state index is 12.0. The summed E-state index contributed by atoms with van der Waals surface area (Å²) >= 11 is 0. The number of nitrogens with zero attached hydrogens (tertiary/aromatic N) is 1. The van der Waals surface area contributed by atoms with Crippen LogP contribution in [0.25, 0.3) is 6.08 Å². The van der Waals surface area contributed by atoms with Gasteiger partial charge in [0, 0.05) is 13.7 Å². The van der Waals surface area contributed by atoms with Gasteiger partial charge in [-0.1, -0.05) is 42.5 Å². The molecule has 0 heterocycles. The van der Waals surface area contributed by atoms with E-state index in [4.69, 9.17) is 9.47 Å². The van der Waals surface area contributed by atoms with Crippen LogP contribution in [0.5, 0.6) is 5.75 Å². The van der Waals surface area contributed by atoms with Crippen molar-refractivity contribution in [3.8, 4) is 11.8 Å². The molecule has 5 heteroatoms. The average Bonchev–Trinajstić information content (AvgIpc) is 2.65. The number of methoxy groups -OCH3 is 1. The Morgan fingerprint density at radius 1 is 1.20 bits per heavy atom. The van der Waals surface area contributed by atoms with E-state index in [-0.39, 0.29) is 5.57 Å². The smallest absolute Gasteiger partial charge is 0.262 e. The maximum atomic E-state index is 12.0. The molecule has 2 aromatic rings. The fraction of sp³-hybridized carbons (Fsp3) is 0.200. The first-order valence-electron chi connectivity index (χ1n) is 7.88. The summed E-state index contributed by atoms with van der Waals surface area (Å²) in [5, 5.41) is 11.8. The summed E-state index contributed by atoms with van der Waals surface area (Å²) in [4.78, 5) is 12.0. The molecule has 2 aromatic carbocycles. The average molecular weight is 336 g/mol. The lowest BCUT2D eigenvalue weighted by Gasteiger charge is -2.07. The number of nitrogens with one attached hydrogen (secondary N) is 1. The summed E-state index contributed by atoms with van der Waals surface area (Å²) in [7, 11) is 1.55. The Morgan fingerprint density at radius 3 is 2.72 bits per heavy atom. The van der Waals surface area contributed by atoms with Gasteiger partial charge in [-0.25, -0.2) is 0 Å². The molecule has 0 unspecified atom stereocenters. The summed E-state index contributed by atoms with van der Waals surface area (Å²) in [6.07, 6.45) is 1.54. The minimum absolute atomic E-state index is 0.0383. The Morgan fingerprint density at radius 2 is 2.00 bits per heavy atom. The van der Waals surface area contributed by atoms with Crippen molar-refractivity contribution in [2.75, 3.05) is 20.3 Å². The van der Waals surface area contributed by atoms with Crippen molar-refractivity contribution in [3.63, 3.8) is 0 Å². The van der Waals surface area contributed by atoms with Crippen molar-refractivity contribution in [2.45, 2.75) is 6.61 Å². The molecule has 0 saturated carbocycles. The van der Waals surface area contributed by atoms with Crippen molar-refractivity contribution in [2.24, 2.45) is 0 Å². The molecular weight excluding hydrogens is 316 g/mol. The minimum Gasteiger partial charge on any atom is -0.489 e. The summed E-state index contributed by atoms with van der Waals surface area (Å²) in [6.45, 7) is 1.21. The van der Waals surface area contributed by atoms with Crippen molar-refractivity contribution in [3.05, 3.63) is 71.3 Å². The lowest BCUT2D eigenvalue weighted by molar-refractivity contribution is -0.117. The summed E-state index contributed by atoms with van der Waals surface area (Å²) in [5.74, 6) is 0.254. The Hall–Kier alpha value is -3.10. The minimum atomic E-state index is -0.421. The van der Waals surface area contributed by atoms with Crippen LogP contribution in [-0.4, -0.2) is 26.2 Å². The van der Waals surface area contributed by atoms with E-state index in [9.17, 15) is 10.1 Å². The van der Waals surface area contributed by atoms with E-state index < -0.39 is 5.91 Å². The van der Waals surface area contributed by atoms with E-state index >= 15 is 0 Å². The van der Waals surface area contributed by atoms with Gasteiger partial charge in [-0.3, -0.25) is 4.79 Å². The van der Waals surface area contributed by atoms with Gasteiger partial charge in [0.15, 0.2) is 0 Å². The van der Waals surface area contributed by atoms with E-state index in [0.717, 1.165) is 11.1 Å². The highest BCUT2D eigenvalue weighted by Crippen LogP contribution is 2.17. The highest BCUT2D eigenvalue weighted by Gasteiger charge is 2.08. The van der Waals surface area contributed by atoms with Crippen molar-refractivity contribution in [1.82, 2.24) is 5.32 Å². The molecule has 128 valence electrons. The van der Waals surface area contributed by atoms with Crippen LogP contribution in [0.15, 0.2) is 60.2 Å². The second-order valence-electron chi connectivity index (χ2n) is 5.27. The molecule has 0 atom stereocenters. The number of amides is 1. The number of ether oxygens (including phenoxy) is 2. The van der Waals surface area contributed by atoms with Crippen LogP contribution >= 0.6 is 0 Å². The standard InChI is InChI=1S/C20H20N2O3/c1-24-11-10-22-20(23)18(14-21)12-17-8-5-9-19(13-17)25-15-16-6-3-2-4-7-16/h2-9,12-13H,10-11,15H2,1H3,(H,22,23)/b18-12-. The number of hydrogen-bond donors (Lipinski definition) is 1. The molecular formula is C20H20N2O3. The molecule has 0 bridgehead atoms. The van der Waals surface area contributed by atoms with Crippen molar-refractivity contribution < 1.29 is 14.3 Å². The maximum Gasteiger partial charge on any atom is 0.262 e. The number of hydrogen-bond acceptors (Lipinski definition) is 4. The Kier molecular flexibility index (Phi) is 7.23. The summed E-state index contributed by atoms with van der Waals surface area (Å²) in [6, 6.07) is 19.0. The number of nitriles is 1. The third-order valence-corrected chi connectivity index (χ3v) is 3.37. The molecule has 0 aliphatic carbocycles. The molecule has 0 saturated heterocycles. The van der Waals surface area contributed by atoms with E-state index in [1.807, 2.05) is 54.6 Å². The first-order valence-corrected chi connectivity index (χ1v) is 7.88. The Labute approximate surface area is 147 Å². The highest BCUT2D eigenvalue weighted by atomic mass is 16.5. The van der Waals surface area contributed by atoms with Crippen LogP contribution < -0.4 is 10.1 Å². The first kappa shape index (κ1) is 18.2. The van der Waals surface area contributed by atoms with Crippen LogP contribution in [0.2, 0.25) is 0 Å². The van der Waals surface area contributed by atoms with E-state index in [0.29, 0.717) is 25.5 Å². The second kappa shape index (κ2) is 9.91. The third kappa shape index (κ3) is 6.13. The van der Waals surface area contributed by atoms with Crippen LogP contribution in [-0.2, 0) is 16.1 Å². The molecule has 2 rings (SSSR count). The molecule has 1 N–H and O–H groups in total. The fourth-order valence-electron chi connectivity index (χ4n) is 2.11. The molecule has 25 heavy (non-hydrogen) atoms. The number of rotatable bonds is 8. The Balaban J connectivity index is 2.03. The normalized spacial score (nSPS) is 10.8. The largest absolute Gasteiger partial charge is 0.489 e. The van der Waals surface area contributed by atoms with Crippen molar-refractivity contribution in [1.29, 1.82) is 5.26 Å². The molecule has 0 radical (unpaired) electrons. The zero-order chi connectivity index (χ0) is 17.9. The Bertz CT molecular complexity index is 764. The predicted molar refractivity (Wildman–Crippen MR) is 95.7 cm³/mol. The summed E-state index contributed by atoms with van der Waals surface area (Å²) in [5.41, 5.74) is 1.83. The topological polar surface area (TPSA) is 71.3 Å². The quantitative estimate of drug-likeness (QED) is 0.457. The molecule has 0 aliphatic heterocycles.